The van der Waals surface area contributed by atoms with Crippen molar-refractivity contribution in [1.82, 2.24) is 10.6 Å². The van der Waals surface area contributed by atoms with E-state index in [-0.39, 0.29) is 13.2 Å². The summed E-state index contributed by atoms with van der Waals surface area (Å²) in [5.74, 6) is 0.466. The Morgan fingerprint density at radius 1 is 1.25 bits per heavy atom. The molecule has 1 aromatic carbocycles. The quantitative estimate of drug-likeness (QED) is 0.741. The van der Waals surface area contributed by atoms with Gasteiger partial charge in [-0.3, -0.25) is 10.1 Å². The molecule has 0 aliphatic carbocycles. The monoisotopic (exact) mass is 278 g/mol. The van der Waals surface area contributed by atoms with Crippen molar-refractivity contribution in [2.45, 2.75) is 6.92 Å². The number of carbonyl (C=O) groups excluding carboxylic acids is 2. The van der Waals surface area contributed by atoms with Gasteiger partial charge < -0.3 is 14.8 Å². The molecule has 108 valence electrons. The van der Waals surface area contributed by atoms with Gasteiger partial charge in [-0.05, 0) is 19.1 Å². The van der Waals surface area contributed by atoms with E-state index in [9.17, 15) is 9.59 Å². The van der Waals surface area contributed by atoms with Gasteiger partial charge in [-0.25, -0.2) is 4.79 Å². The Morgan fingerprint density at radius 3 is 2.50 bits per heavy atom. The molecular formula is C14H18N2O4. The molecule has 0 saturated heterocycles. The minimum absolute atomic E-state index is 0.272. The first kappa shape index (κ1) is 15.6. The van der Waals surface area contributed by atoms with Gasteiger partial charge in [-0.1, -0.05) is 18.2 Å². The second-order valence-electron chi connectivity index (χ2n) is 3.72. The van der Waals surface area contributed by atoms with Crippen LogP contribution in [0.25, 0.3) is 0 Å². The van der Waals surface area contributed by atoms with E-state index in [0.717, 1.165) is 0 Å². The Morgan fingerprint density at radius 2 is 1.90 bits per heavy atom. The van der Waals surface area contributed by atoms with E-state index in [0.29, 0.717) is 18.1 Å². The molecule has 1 rings (SSSR count). The van der Waals surface area contributed by atoms with Crippen LogP contribution in [0.3, 0.4) is 0 Å². The second-order valence-corrected chi connectivity index (χ2v) is 3.72. The van der Waals surface area contributed by atoms with Crippen molar-refractivity contribution < 1.29 is 19.1 Å². The molecule has 0 bridgehead atoms. The molecule has 0 spiro atoms. The fourth-order valence-corrected chi connectivity index (χ4v) is 1.36. The van der Waals surface area contributed by atoms with Crippen molar-refractivity contribution in [3.05, 3.63) is 36.9 Å². The van der Waals surface area contributed by atoms with E-state index in [2.05, 4.69) is 17.2 Å². The minimum atomic E-state index is -0.586. The van der Waals surface area contributed by atoms with E-state index in [1.165, 1.54) is 6.08 Å². The van der Waals surface area contributed by atoms with Gasteiger partial charge in [0.15, 0.2) is 18.1 Å². The summed E-state index contributed by atoms with van der Waals surface area (Å²) in [5.41, 5.74) is 0. The van der Waals surface area contributed by atoms with Crippen LogP contribution in [-0.2, 0) is 4.79 Å². The molecule has 0 radical (unpaired) electrons. The fourth-order valence-electron chi connectivity index (χ4n) is 1.36. The molecule has 2 N–H and O–H groups in total. The minimum Gasteiger partial charge on any atom is -0.490 e. The first-order chi connectivity index (χ1) is 9.67. The number of rotatable bonds is 7. The number of benzene rings is 1. The lowest BCUT2D eigenvalue weighted by Gasteiger charge is -2.11. The maximum absolute atomic E-state index is 11.5. The zero-order chi connectivity index (χ0) is 14.8. The Kier molecular flexibility index (Phi) is 6.67. The van der Waals surface area contributed by atoms with Gasteiger partial charge in [0.25, 0.3) is 5.91 Å². The highest BCUT2D eigenvalue weighted by Crippen LogP contribution is 2.26. The summed E-state index contributed by atoms with van der Waals surface area (Å²) < 4.78 is 10.7. The lowest BCUT2D eigenvalue weighted by molar-refractivity contribution is -0.122. The zero-order valence-corrected chi connectivity index (χ0v) is 11.3. The molecule has 0 aromatic heterocycles. The van der Waals surface area contributed by atoms with Gasteiger partial charge in [0, 0.05) is 6.54 Å². The van der Waals surface area contributed by atoms with E-state index < -0.39 is 11.9 Å². The van der Waals surface area contributed by atoms with Gasteiger partial charge in [0.2, 0.25) is 0 Å². The average molecular weight is 278 g/mol. The molecule has 0 aliphatic rings. The molecule has 0 atom stereocenters. The first-order valence-corrected chi connectivity index (χ1v) is 6.20. The normalized spacial score (nSPS) is 9.45. The molecule has 0 fully saturated rings. The summed E-state index contributed by atoms with van der Waals surface area (Å²) in [6.07, 6.45) is 1.51. The summed E-state index contributed by atoms with van der Waals surface area (Å²) in [5, 5.41) is 4.56. The lowest BCUT2D eigenvalue weighted by atomic mass is 10.3. The zero-order valence-electron chi connectivity index (χ0n) is 11.3. The third-order valence-corrected chi connectivity index (χ3v) is 2.17. The molecule has 0 aliphatic heterocycles. The number of nitrogens with one attached hydrogen (secondary N) is 2. The maximum Gasteiger partial charge on any atom is 0.321 e. The van der Waals surface area contributed by atoms with Crippen LogP contribution in [0.5, 0.6) is 11.5 Å². The molecule has 1 aromatic rings. The van der Waals surface area contributed by atoms with Crippen molar-refractivity contribution in [1.29, 1.82) is 0 Å². The van der Waals surface area contributed by atoms with Crippen molar-refractivity contribution in [2.75, 3.05) is 19.8 Å². The van der Waals surface area contributed by atoms with Crippen LogP contribution < -0.4 is 20.1 Å². The van der Waals surface area contributed by atoms with Crippen LogP contribution in [0, 0.1) is 0 Å². The molecular weight excluding hydrogens is 260 g/mol. The molecule has 0 saturated carbocycles. The van der Waals surface area contributed by atoms with Crippen molar-refractivity contribution >= 4 is 11.9 Å². The van der Waals surface area contributed by atoms with E-state index in [1.54, 1.807) is 24.3 Å². The first-order valence-electron chi connectivity index (χ1n) is 6.20. The number of para-hydroxylation sites is 2. The lowest BCUT2D eigenvalue weighted by Crippen LogP contribution is -2.41. The van der Waals surface area contributed by atoms with E-state index in [4.69, 9.17) is 9.47 Å². The van der Waals surface area contributed by atoms with Crippen molar-refractivity contribution in [3.8, 4) is 11.5 Å². The standard InChI is InChI=1S/C14H18N2O4/c1-3-9-15-14(18)16-13(17)10-20-12-8-6-5-7-11(12)19-4-2/h3,5-8H,1,4,9-10H2,2H3,(H2,15,16,17,18). The van der Waals surface area contributed by atoms with Gasteiger partial charge >= 0.3 is 6.03 Å². The Hall–Kier alpha value is -2.50. The topological polar surface area (TPSA) is 76.7 Å². The molecule has 0 unspecified atom stereocenters. The van der Waals surface area contributed by atoms with Crippen LogP contribution in [0.4, 0.5) is 4.79 Å². The van der Waals surface area contributed by atoms with E-state index >= 15 is 0 Å². The summed E-state index contributed by atoms with van der Waals surface area (Å²) in [4.78, 5) is 22.7. The average Bonchev–Trinajstić information content (AvgIpc) is 2.44. The second kappa shape index (κ2) is 8.58. The van der Waals surface area contributed by atoms with Gasteiger partial charge in [-0.2, -0.15) is 0 Å². The van der Waals surface area contributed by atoms with Crippen LogP contribution in [0.2, 0.25) is 0 Å². The highest BCUT2D eigenvalue weighted by atomic mass is 16.5. The predicted octanol–water partition coefficient (Wildman–Crippen LogP) is 1.48. The number of amides is 3. The Balaban J connectivity index is 2.44. The summed E-state index contributed by atoms with van der Waals surface area (Å²) in [7, 11) is 0. The highest BCUT2D eigenvalue weighted by molar-refractivity contribution is 5.95. The summed E-state index contributed by atoms with van der Waals surface area (Å²) in [6.45, 7) is 5.81. The molecule has 6 heteroatoms. The fraction of sp³-hybridized carbons (Fsp3) is 0.286. The highest BCUT2D eigenvalue weighted by Gasteiger charge is 2.09. The number of urea groups is 1. The third kappa shape index (κ3) is 5.43. The number of hydrogen-bond acceptors (Lipinski definition) is 4. The van der Waals surface area contributed by atoms with Crippen LogP contribution in [0.1, 0.15) is 6.92 Å². The SMILES string of the molecule is C=CCNC(=O)NC(=O)COc1ccccc1OCC. The van der Waals surface area contributed by atoms with Gasteiger partial charge in [0.05, 0.1) is 6.61 Å². The Bertz CT molecular complexity index is 474. The van der Waals surface area contributed by atoms with Crippen molar-refractivity contribution in [2.24, 2.45) is 0 Å². The molecule has 0 heterocycles. The number of imide groups is 1. The predicted molar refractivity (Wildman–Crippen MR) is 74.8 cm³/mol. The van der Waals surface area contributed by atoms with Crippen LogP contribution in [0.15, 0.2) is 36.9 Å². The Labute approximate surface area is 117 Å². The van der Waals surface area contributed by atoms with Crippen molar-refractivity contribution in [3.63, 3.8) is 0 Å². The largest absolute Gasteiger partial charge is 0.490 e. The summed E-state index contributed by atoms with van der Waals surface area (Å²) in [6, 6.07) is 6.42. The number of carbonyl (C=O) groups is 2. The smallest absolute Gasteiger partial charge is 0.321 e. The summed E-state index contributed by atoms with van der Waals surface area (Å²) >= 11 is 0. The molecule has 20 heavy (non-hydrogen) atoms. The maximum atomic E-state index is 11.5. The van der Waals surface area contributed by atoms with Crippen LogP contribution in [-0.4, -0.2) is 31.7 Å². The van der Waals surface area contributed by atoms with E-state index in [1.807, 2.05) is 6.92 Å². The third-order valence-electron chi connectivity index (χ3n) is 2.17. The number of hydrogen-bond donors (Lipinski definition) is 2. The molecule has 3 amide bonds. The number of ether oxygens (including phenoxy) is 2. The molecule has 6 nitrogen and oxygen atoms in total. The van der Waals surface area contributed by atoms with Crippen LogP contribution >= 0.6 is 0 Å². The van der Waals surface area contributed by atoms with Gasteiger partial charge in [0.1, 0.15) is 0 Å². The van der Waals surface area contributed by atoms with Gasteiger partial charge in [-0.15, -0.1) is 6.58 Å².